The van der Waals surface area contributed by atoms with E-state index in [1.807, 2.05) is 0 Å². The molecule has 0 saturated heterocycles. The monoisotopic (exact) mass is 1230 g/mol. The van der Waals surface area contributed by atoms with Gasteiger partial charge in [-0.25, -0.2) is 0 Å². The summed E-state index contributed by atoms with van der Waals surface area (Å²) in [6.45, 7) is 0. The Bertz CT molecular complexity index is 1990. The molecule has 296 valence electrons. The molecule has 0 aliphatic heterocycles. The summed E-state index contributed by atoms with van der Waals surface area (Å²) in [5, 5.41) is 11.5. The van der Waals surface area contributed by atoms with E-state index in [9.17, 15) is 0 Å². The molecule has 0 aliphatic rings. The van der Waals surface area contributed by atoms with Crippen LogP contribution in [0, 0.1) is 0 Å². The molecule has 0 saturated carbocycles. The summed E-state index contributed by atoms with van der Waals surface area (Å²) in [7, 11) is -1.97. The van der Waals surface area contributed by atoms with E-state index in [2.05, 4.69) is 288 Å². The molecule has 0 fully saturated rings. The van der Waals surface area contributed by atoms with Crippen molar-refractivity contribution in [3.05, 3.63) is 243 Å². The molecule has 0 unspecified atom stereocenters. The minimum Gasteiger partial charge on any atom is -0.0622 e. The molecule has 0 bridgehead atoms. The molecule has 0 atom stereocenters. The zero-order valence-electron chi connectivity index (χ0n) is 31.5. The fourth-order valence-electron chi connectivity index (χ4n) is 6.53. The van der Waals surface area contributed by atoms with E-state index in [1.165, 1.54) is 48.3 Å². The number of hydrogen-bond donors (Lipinski definition) is 0. The standard InChI is InChI=1S/C25H20I2P2.C25H22P2.2Pd/c26-25(27,28(21-13-5-1-6-14-21)22-15-7-2-8-16-22)29(23-17-9-3-10-18-23)24-19-11-4-12-20-24;1-5-13-22(14-6-1)26(23-15-7-2-8-16-23)21-27(24-17-9-3-10-18-24)25-19-11-4-12-20-25;;/h1-20H;1-20H,21H2;;. The number of rotatable bonds is 12. The minimum absolute atomic E-state index is 0. The first kappa shape index (κ1) is 47.3. The summed E-state index contributed by atoms with van der Waals surface area (Å²) < 4.78 is 0.0194. The van der Waals surface area contributed by atoms with Crippen LogP contribution < -0.4 is 42.4 Å². The van der Waals surface area contributed by atoms with Gasteiger partial charge in [0, 0.05) is 46.7 Å². The van der Waals surface area contributed by atoms with Crippen LogP contribution in [0.2, 0.25) is 0 Å². The molecule has 8 rings (SSSR count). The fraction of sp³-hybridized carbons (Fsp3) is 0.0400. The van der Waals surface area contributed by atoms with E-state index in [1.54, 1.807) is 0 Å². The molecule has 0 nitrogen and oxygen atoms in total. The van der Waals surface area contributed by atoms with E-state index >= 15 is 0 Å². The van der Waals surface area contributed by atoms with Crippen molar-refractivity contribution in [2.24, 2.45) is 0 Å². The third-order valence-corrected chi connectivity index (χ3v) is 26.4. The third-order valence-electron chi connectivity index (χ3n) is 9.15. The molecule has 0 spiro atoms. The second kappa shape index (κ2) is 24.6. The molecule has 8 aromatic rings. The van der Waals surface area contributed by atoms with Gasteiger partial charge in [-0.05, 0) is 74.1 Å². The van der Waals surface area contributed by atoms with Crippen molar-refractivity contribution >= 4 is 119 Å². The van der Waals surface area contributed by atoms with E-state index < -0.39 is 31.7 Å². The Balaban J connectivity index is 0.000000214. The second-order valence-electron chi connectivity index (χ2n) is 12.9. The summed E-state index contributed by atoms with van der Waals surface area (Å²) in [5.74, 6) is 1.17. The van der Waals surface area contributed by atoms with Crippen LogP contribution in [-0.4, -0.2) is 6.81 Å². The van der Waals surface area contributed by atoms with Gasteiger partial charge in [-0.1, -0.05) is 288 Å². The zero-order chi connectivity index (χ0) is 38.4. The van der Waals surface area contributed by atoms with Crippen LogP contribution in [0.5, 0.6) is 0 Å². The molecule has 8 aromatic carbocycles. The van der Waals surface area contributed by atoms with Crippen molar-refractivity contribution in [1.29, 1.82) is 0 Å². The van der Waals surface area contributed by atoms with Crippen molar-refractivity contribution in [2.45, 2.75) is 0.911 Å². The largest absolute Gasteiger partial charge is 0.127 e. The van der Waals surface area contributed by atoms with Crippen molar-refractivity contribution < 1.29 is 40.8 Å². The summed E-state index contributed by atoms with van der Waals surface area (Å²) in [5.41, 5.74) is 0. The second-order valence-corrected chi connectivity index (χ2v) is 31.6. The Hall–Kier alpha value is -1.74. The van der Waals surface area contributed by atoms with Crippen LogP contribution in [0.15, 0.2) is 243 Å². The van der Waals surface area contributed by atoms with Crippen LogP contribution in [-0.2, 0) is 40.8 Å². The van der Waals surface area contributed by atoms with E-state index in [-0.39, 0.29) is 41.8 Å². The van der Waals surface area contributed by atoms with Crippen molar-refractivity contribution in [2.75, 3.05) is 5.90 Å². The van der Waals surface area contributed by atoms with Crippen molar-refractivity contribution in [1.82, 2.24) is 0 Å². The first-order valence-corrected chi connectivity index (χ1v) is 26.4. The van der Waals surface area contributed by atoms with Crippen LogP contribution in [0.4, 0.5) is 0 Å². The van der Waals surface area contributed by atoms with Gasteiger partial charge < -0.3 is 0 Å². The Morgan fingerprint density at radius 2 is 0.414 bits per heavy atom. The molecule has 58 heavy (non-hydrogen) atoms. The number of benzene rings is 8. The summed E-state index contributed by atoms with van der Waals surface area (Å²) in [6, 6.07) is 88.3. The summed E-state index contributed by atoms with van der Waals surface area (Å²) in [6.07, 6.45) is 0. The maximum Gasteiger partial charge on any atom is 0.127 e. The maximum absolute atomic E-state index is 2.76. The first-order valence-electron chi connectivity index (χ1n) is 18.5. The topological polar surface area (TPSA) is 0 Å². The number of hydrogen-bond acceptors (Lipinski definition) is 0. The normalized spacial score (nSPS) is 11.0. The predicted molar refractivity (Wildman–Crippen MR) is 272 cm³/mol. The average molecular weight is 1230 g/mol. The van der Waals surface area contributed by atoms with Crippen LogP contribution in [0.1, 0.15) is 0 Å². The minimum atomic E-state index is -0.579. The molecule has 0 radical (unpaired) electrons. The average Bonchev–Trinajstić information content (AvgIpc) is 3.27. The quantitative estimate of drug-likeness (QED) is 0.0495. The van der Waals surface area contributed by atoms with Gasteiger partial charge in [0.05, 0.1) is 0 Å². The van der Waals surface area contributed by atoms with E-state index in [0.29, 0.717) is 0 Å². The van der Waals surface area contributed by atoms with Crippen LogP contribution >= 0.6 is 76.9 Å². The van der Waals surface area contributed by atoms with Gasteiger partial charge in [0.15, 0.2) is 0 Å². The van der Waals surface area contributed by atoms with Crippen molar-refractivity contribution in [3.8, 4) is 0 Å². The Morgan fingerprint density at radius 3 is 0.586 bits per heavy atom. The number of halogens is 2. The molecular formula is C50H42I2P4Pd2. The smallest absolute Gasteiger partial charge is 0.0622 e. The van der Waals surface area contributed by atoms with Crippen LogP contribution in [0.25, 0.3) is 0 Å². The molecule has 0 N–H and O–H groups in total. The molecule has 0 aromatic heterocycles. The van der Waals surface area contributed by atoms with Gasteiger partial charge in [-0.15, -0.1) is 0 Å². The SMILES string of the molecule is IC(I)(P(c1ccccc1)c1ccccc1)P(c1ccccc1)c1ccccc1.[Pd].[Pd].c1ccc(P(CP(c2ccccc2)c2ccccc2)c2ccccc2)cc1. The predicted octanol–water partition coefficient (Wildman–Crippen LogP) is 11.9. The van der Waals surface area contributed by atoms with Gasteiger partial charge in [0.2, 0.25) is 0 Å². The Morgan fingerprint density at radius 1 is 0.259 bits per heavy atom. The van der Waals surface area contributed by atoms with Gasteiger partial charge >= 0.3 is 0 Å². The van der Waals surface area contributed by atoms with Gasteiger partial charge in [-0.3, -0.25) is 0 Å². The fourth-order valence-corrected chi connectivity index (χ4v) is 25.6. The first-order chi connectivity index (χ1) is 27.6. The maximum atomic E-state index is 2.76. The number of alkyl halides is 2. The molecule has 0 aliphatic carbocycles. The molecule has 8 heteroatoms. The van der Waals surface area contributed by atoms with Crippen LogP contribution in [0.3, 0.4) is 0 Å². The van der Waals surface area contributed by atoms with E-state index in [0.717, 1.165) is 0 Å². The Kier molecular flexibility index (Phi) is 20.1. The summed E-state index contributed by atoms with van der Waals surface area (Å²) in [4.78, 5) is 0. The van der Waals surface area contributed by atoms with Gasteiger partial charge in [0.25, 0.3) is 0 Å². The van der Waals surface area contributed by atoms with E-state index in [4.69, 9.17) is 0 Å². The molecular weight excluding hydrogens is 1190 g/mol. The zero-order valence-corrected chi connectivity index (χ0v) is 42.5. The van der Waals surface area contributed by atoms with Gasteiger partial charge in [0.1, 0.15) is 0.911 Å². The third kappa shape index (κ3) is 12.7. The molecule has 0 heterocycles. The molecule has 0 amide bonds. The van der Waals surface area contributed by atoms with Crippen molar-refractivity contribution in [3.63, 3.8) is 0 Å². The Labute approximate surface area is 405 Å². The van der Waals surface area contributed by atoms with Gasteiger partial charge in [-0.2, -0.15) is 0 Å². The summed E-state index contributed by atoms with van der Waals surface area (Å²) >= 11 is 5.52.